The van der Waals surface area contributed by atoms with Crippen molar-refractivity contribution < 1.29 is 4.74 Å². The van der Waals surface area contributed by atoms with Crippen molar-refractivity contribution in [3.8, 4) is 44.9 Å². The fraction of sp³-hybridized carbons (Fsp3) is 0.213. The lowest BCUT2D eigenvalue weighted by Gasteiger charge is -2.61. The molecular formula is C61H50N2O. The number of rotatable bonds is 5. The lowest BCUT2D eigenvalue weighted by molar-refractivity contribution is -0.0399. The molecule has 6 aliphatic carbocycles. The number of nitrogens with zero attached hydrogens (tertiary/aromatic N) is 2. The predicted octanol–water partition coefficient (Wildman–Crippen LogP) is 16.4. The van der Waals surface area contributed by atoms with Gasteiger partial charge in [0, 0.05) is 33.7 Å². The molecule has 8 aromatic rings. The monoisotopic (exact) mass is 826 g/mol. The first-order chi connectivity index (χ1) is 31.5. The summed E-state index contributed by atoms with van der Waals surface area (Å²) in [7, 11) is 0. The van der Waals surface area contributed by atoms with E-state index in [1.54, 1.807) is 11.1 Å². The van der Waals surface area contributed by atoms with Crippen molar-refractivity contribution in [3.63, 3.8) is 0 Å². The normalized spacial score (nSPS) is 23.1. The molecule has 310 valence electrons. The first kappa shape index (κ1) is 36.6. The third kappa shape index (κ3) is 4.88. The average Bonchev–Trinajstić information content (AvgIpc) is 3.76. The fourth-order valence-corrected chi connectivity index (χ4v) is 14.4. The molecule has 0 unspecified atom stereocenters. The number of benzene rings is 8. The molecule has 4 saturated carbocycles. The van der Waals surface area contributed by atoms with Crippen molar-refractivity contribution in [1.82, 2.24) is 0 Å². The van der Waals surface area contributed by atoms with Crippen LogP contribution >= 0.6 is 0 Å². The Morgan fingerprint density at radius 1 is 0.453 bits per heavy atom. The van der Waals surface area contributed by atoms with E-state index in [-0.39, 0.29) is 10.8 Å². The van der Waals surface area contributed by atoms with Crippen LogP contribution in [0.1, 0.15) is 68.2 Å². The highest BCUT2D eigenvalue weighted by Gasteiger charge is 2.61. The molecule has 64 heavy (non-hydrogen) atoms. The van der Waals surface area contributed by atoms with Gasteiger partial charge in [0.25, 0.3) is 0 Å². The van der Waals surface area contributed by atoms with Crippen LogP contribution in [0.4, 0.5) is 34.1 Å². The van der Waals surface area contributed by atoms with E-state index < -0.39 is 0 Å². The summed E-state index contributed by atoms with van der Waals surface area (Å²) in [6, 6.07) is 68.0. The second kappa shape index (κ2) is 13.3. The van der Waals surface area contributed by atoms with E-state index >= 15 is 0 Å². The Labute approximate surface area is 376 Å². The molecular weight excluding hydrogens is 777 g/mol. The highest BCUT2D eigenvalue weighted by atomic mass is 16.5. The van der Waals surface area contributed by atoms with Gasteiger partial charge in [0.15, 0.2) is 11.5 Å². The molecule has 7 aliphatic rings. The second-order valence-electron chi connectivity index (χ2n) is 20.1. The minimum absolute atomic E-state index is 0.0935. The van der Waals surface area contributed by atoms with Gasteiger partial charge in [0.1, 0.15) is 0 Å². The van der Waals surface area contributed by atoms with E-state index in [9.17, 15) is 0 Å². The molecule has 0 saturated heterocycles. The first-order valence-corrected chi connectivity index (χ1v) is 23.6. The Kier molecular flexibility index (Phi) is 7.64. The highest BCUT2D eigenvalue weighted by molar-refractivity contribution is 6.02. The smallest absolute Gasteiger partial charge is 0.153 e. The molecule has 0 N–H and O–H groups in total. The van der Waals surface area contributed by atoms with E-state index in [1.807, 2.05) is 0 Å². The SMILES string of the molecule is CC1(C)c2ccccc2-c2c(N(c3ccc4c(c3)Oc3ccccc3N4c3ccccc3)c3ccccc3-c3cccc4c3-c3ccccc3C43C4CC5CC(C4)CC3C5)cccc21. The van der Waals surface area contributed by atoms with Crippen LogP contribution in [-0.2, 0) is 10.8 Å². The molecule has 1 aliphatic heterocycles. The van der Waals surface area contributed by atoms with Crippen LogP contribution in [0.5, 0.6) is 11.5 Å². The highest BCUT2D eigenvalue weighted by Crippen LogP contribution is 2.70. The summed E-state index contributed by atoms with van der Waals surface area (Å²) in [5.41, 5.74) is 20.4. The summed E-state index contributed by atoms with van der Waals surface area (Å²) < 4.78 is 6.93. The summed E-state index contributed by atoms with van der Waals surface area (Å²) in [6.45, 7) is 4.76. The van der Waals surface area contributed by atoms with Crippen molar-refractivity contribution in [2.45, 2.75) is 56.8 Å². The Bertz CT molecular complexity index is 3190. The molecule has 15 rings (SSSR count). The lowest BCUT2D eigenvalue weighted by atomic mass is 9.43. The molecule has 0 amide bonds. The van der Waals surface area contributed by atoms with Crippen LogP contribution in [0.3, 0.4) is 0 Å². The molecule has 8 aromatic carbocycles. The van der Waals surface area contributed by atoms with Crippen molar-refractivity contribution in [2.24, 2.45) is 23.7 Å². The Hall–Kier alpha value is -6.84. The summed E-state index contributed by atoms with van der Waals surface area (Å²) in [5, 5.41) is 0. The van der Waals surface area contributed by atoms with Crippen LogP contribution in [0, 0.1) is 23.7 Å². The van der Waals surface area contributed by atoms with Gasteiger partial charge in [-0.05, 0) is 149 Å². The summed E-state index contributed by atoms with van der Waals surface area (Å²) in [6.07, 6.45) is 6.95. The van der Waals surface area contributed by atoms with Gasteiger partial charge in [-0.2, -0.15) is 0 Å². The van der Waals surface area contributed by atoms with Crippen LogP contribution in [0.25, 0.3) is 33.4 Å². The molecule has 1 spiro atoms. The number of hydrogen-bond acceptors (Lipinski definition) is 3. The molecule has 0 aromatic heterocycles. The van der Waals surface area contributed by atoms with E-state index in [1.165, 1.54) is 82.3 Å². The maximum absolute atomic E-state index is 6.93. The van der Waals surface area contributed by atoms with Crippen molar-refractivity contribution in [1.29, 1.82) is 0 Å². The van der Waals surface area contributed by atoms with Gasteiger partial charge < -0.3 is 14.5 Å². The lowest BCUT2D eigenvalue weighted by Crippen LogP contribution is -2.55. The third-order valence-corrected chi connectivity index (χ3v) is 16.6. The summed E-state index contributed by atoms with van der Waals surface area (Å²) >= 11 is 0. The molecule has 4 bridgehead atoms. The Morgan fingerprint density at radius 2 is 1.03 bits per heavy atom. The molecule has 0 radical (unpaired) electrons. The third-order valence-electron chi connectivity index (χ3n) is 16.6. The number of anilines is 6. The van der Waals surface area contributed by atoms with E-state index in [4.69, 9.17) is 4.74 Å². The topological polar surface area (TPSA) is 15.7 Å². The minimum atomic E-state index is -0.150. The van der Waals surface area contributed by atoms with Crippen LogP contribution in [0.2, 0.25) is 0 Å². The van der Waals surface area contributed by atoms with Gasteiger partial charge in [-0.15, -0.1) is 0 Å². The van der Waals surface area contributed by atoms with E-state index in [0.717, 1.165) is 51.8 Å². The zero-order valence-corrected chi connectivity index (χ0v) is 36.5. The van der Waals surface area contributed by atoms with Crippen molar-refractivity contribution >= 4 is 34.1 Å². The van der Waals surface area contributed by atoms with Gasteiger partial charge >= 0.3 is 0 Å². The number of ether oxygens (including phenoxy) is 1. The van der Waals surface area contributed by atoms with Gasteiger partial charge in [0.2, 0.25) is 0 Å². The zero-order valence-electron chi connectivity index (χ0n) is 36.5. The van der Waals surface area contributed by atoms with Gasteiger partial charge in [-0.25, -0.2) is 0 Å². The van der Waals surface area contributed by atoms with E-state index in [0.29, 0.717) is 11.8 Å². The maximum atomic E-state index is 6.93. The molecule has 3 nitrogen and oxygen atoms in total. The first-order valence-electron chi connectivity index (χ1n) is 23.6. The molecule has 1 heterocycles. The maximum Gasteiger partial charge on any atom is 0.153 e. The molecule has 0 atom stereocenters. The van der Waals surface area contributed by atoms with Gasteiger partial charge in [-0.1, -0.05) is 141 Å². The van der Waals surface area contributed by atoms with Crippen LogP contribution < -0.4 is 14.5 Å². The standard InChI is InChI=1S/C61H50N2O/c1-60(2)48-22-9-6-19-46(48)59-50(60)24-15-28-55(59)63(43-30-31-54-57(37-43)64-56-29-13-12-27-53(56)62(54)42-16-4-3-5-17-42)52-26-11-8-18-44(52)45-21-14-25-51-58(45)47-20-7-10-23-49(47)61(51)40-33-38-32-39(35-40)36-41(61)34-38/h3-31,37-41H,32-36H2,1-2H3. The van der Waals surface area contributed by atoms with E-state index in [2.05, 4.69) is 206 Å². The number of hydrogen-bond donors (Lipinski definition) is 0. The fourth-order valence-electron chi connectivity index (χ4n) is 14.4. The zero-order chi connectivity index (χ0) is 42.3. The van der Waals surface area contributed by atoms with Crippen molar-refractivity contribution in [3.05, 3.63) is 204 Å². The number of fused-ring (bicyclic) bond motifs is 8. The summed E-state index contributed by atoms with van der Waals surface area (Å²) in [5.74, 6) is 4.89. The average molecular weight is 827 g/mol. The second-order valence-corrected chi connectivity index (χ2v) is 20.1. The quantitative estimate of drug-likeness (QED) is 0.172. The van der Waals surface area contributed by atoms with Gasteiger partial charge in [-0.3, -0.25) is 0 Å². The molecule has 4 fully saturated rings. The summed E-state index contributed by atoms with van der Waals surface area (Å²) in [4.78, 5) is 4.88. The van der Waals surface area contributed by atoms with Crippen LogP contribution in [-0.4, -0.2) is 0 Å². The minimum Gasteiger partial charge on any atom is -0.453 e. The van der Waals surface area contributed by atoms with Gasteiger partial charge in [0.05, 0.1) is 28.4 Å². The molecule has 3 heteroatoms. The Balaban J connectivity index is 1.01. The van der Waals surface area contributed by atoms with Crippen LogP contribution in [0.15, 0.2) is 182 Å². The number of para-hydroxylation sites is 4. The van der Waals surface area contributed by atoms with Crippen molar-refractivity contribution in [2.75, 3.05) is 9.80 Å². The Morgan fingerprint density at radius 3 is 1.83 bits per heavy atom. The largest absolute Gasteiger partial charge is 0.453 e. The predicted molar refractivity (Wildman–Crippen MR) is 262 cm³/mol.